The fourth-order valence-electron chi connectivity index (χ4n) is 6.80. The average Bonchev–Trinajstić information content (AvgIpc) is 3.51. The van der Waals surface area contributed by atoms with Gasteiger partial charge in [0.25, 0.3) is 0 Å². The van der Waals surface area contributed by atoms with Gasteiger partial charge in [0.15, 0.2) is 0 Å². The van der Waals surface area contributed by atoms with Crippen LogP contribution in [-0.2, 0) is 9.59 Å². The Morgan fingerprint density at radius 2 is 1.74 bits per heavy atom. The molecule has 0 aromatic carbocycles. The van der Waals surface area contributed by atoms with Crippen LogP contribution >= 0.6 is 0 Å². The van der Waals surface area contributed by atoms with Crippen molar-refractivity contribution in [1.29, 1.82) is 0 Å². The number of carboxylic acid groups (broad SMARTS) is 1. The standard InChI is InChI=1S/C34H45N5O4/c1-22(2)39-21-29(19-36-39)28-15-16-35-32(18-28)38(34(42)27-11-5-24(6-12-27)17-33(40)41)20-25-7-9-26(10-8-25)30-13-14-31(43-4)23(3)37-30/h13-16,18-19,21-22,24-27H,5-12,17,20H2,1-4H3,(H,40,41). The third kappa shape index (κ3) is 7.43. The van der Waals surface area contributed by atoms with Gasteiger partial charge in [-0.05, 0) is 114 Å². The van der Waals surface area contributed by atoms with Crippen LogP contribution in [0.15, 0.2) is 42.9 Å². The number of aliphatic carboxylic acids is 1. The summed E-state index contributed by atoms with van der Waals surface area (Å²) in [6, 6.07) is 8.35. The molecule has 2 fully saturated rings. The first-order valence-electron chi connectivity index (χ1n) is 15.8. The van der Waals surface area contributed by atoms with Crippen molar-refractivity contribution < 1.29 is 19.4 Å². The molecule has 2 saturated carbocycles. The monoisotopic (exact) mass is 587 g/mol. The number of pyridine rings is 2. The molecule has 3 aromatic rings. The summed E-state index contributed by atoms with van der Waals surface area (Å²) in [5.41, 5.74) is 4.03. The van der Waals surface area contributed by atoms with Crippen molar-refractivity contribution in [1.82, 2.24) is 19.7 Å². The number of methoxy groups -OCH3 is 1. The van der Waals surface area contributed by atoms with Gasteiger partial charge in [-0.15, -0.1) is 0 Å². The van der Waals surface area contributed by atoms with Crippen LogP contribution in [0.4, 0.5) is 5.82 Å². The Kier molecular flexibility index (Phi) is 9.78. The van der Waals surface area contributed by atoms with Gasteiger partial charge in [-0.25, -0.2) is 4.98 Å². The molecule has 1 N–H and O–H groups in total. The Hall–Kier alpha value is -3.75. The van der Waals surface area contributed by atoms with E-state index in [0.29, 0.717) is 24.2 Å². The van der Waals surface area contributed by atoms with E-state index in [9.17, 15) is 14.7 Å². The summed E-state index contributed by atoms with van der Waals surface area (Å²) in [5.74, 6) is 1.68. The maximum Gasteiger partial charge on any atom is 0.303 e. The number of ether oxygens (including phenoxy) is 1. The van der Waals surface area contributed by atoms with E-state index in [2.05, 4.69) is 25.0 Å². The maximum atomic E-state index is 14.2. The van der Waals surface area contributed by atoms with E-state index >= 15 is 0 Å². The second-order valence-corrected chi connectivity index (χ2v) is 12.7. The van der Waals surface area contributed by atoms with E-state index in [-0.39, 0.29) is 30.2 Å². The first-order chi connectivity index (χ1) is 20.7. The third-order valence-electron chi connectivity index (χ3n) is 9.40. The lowest BCUT2D eigenvalue weighted by atomic mass is 9.78. The molecular formula is C34H45N5O4. The summed E-state index contributed by atoms with van der Waals surface area (Å²) in [5, 5.41) is 13.7. The molecule has 2 aliphatic rings. The molecule has 3 heterocycles. The highest BCUT2D eigenvalue weighted by molar-refractivity contribution is 5.94. The number of aromatic nitrogens is 4. The molecule has 3 aromatic heterocycles. The summed E-state index contributed by atoms with van der Waals surface area (Å²) in [6.45, 7) is 6.82. The van der Waals surface area contributed by atoms with E-state index in [1.807, 2.05) is 47.1 Å². The van der Waals surface area contributed by atoms with Crippen molar-refractivity contribution in [2.75, 3.05) is 18.6 Å². The SMILES string of the molecule is COc1ccc(C2CCC(CN(C(=O)C3CCC(CC(=O)O)CC3)c3cc(-c4cnn(C(C)C)c4)ccn3)CC2)nc1C. The number of nitrogens with zero attached hydrogens (tertiary/aromatic N) is 5. The summed E-state index contributed by atoms with van der Waals surface area (Å²) in [6.07, 6.45) is 13.0. The van der Waals surface area contributed by atoms with Crippen LogP contribution in [-0.4, -0.2) is 50.4 Å². The molecule has 0 bridgehead atoms. The topological polar surface area (TPSA) is 110 Å². The number of amides is 1. The first-order valence-corrected chi connectivity index (χ1v) is 15.8. The van der Waals surface area contributed by atoms with Gasteiger partial charge in [0.2, 0.25) is 5.91 Å². The predicted molar refractivity (Wildman–Crippen MR) is 166 cm³/mol. The molecule has 0 radical (unpaired) electrons. The molecule has 1 amide bonds. The van der Waals surface area contributed by atoms with E-state index in [4.69, 9.17) is 14.7 Å². The Bertz CT molecular complexity index is 1400. The molecule has 0 unspecified atom stereocenters. The van der Waals surface area contributed by atoms with E-state index in [1.54, 1.807) is 13.3 Å². The molecule has 230 valence electrons. The van der Waals surface area contributed by atoms with Gasteiger partial charge in [0.05, 0.1) is 19.0 Å². The van der Waals surface area contributed by atoms with Gasteiger partial charge in [-0.3, -0.25) is 24.2 Å². The quantitative estimate of drug-likeness (QED) is 0.277. The van der Waals surface area contributed by atoms with E-state index in [0.717, 1.165) is 79.6 Å². The molecule has 0 saturated heterocycles. The van der Waals surface area contributed by atoms with Crippen LogP contribution in [0.5, 0.6) is 5.75 Å². The fourth-order valence-corrected chi connectivity index (χ4v) is 6.80. The van der Waals surface area contributed by atoms with Gasteiger partial charge >= 0.3 is 5.97 Å². The zero-order chi connectivity index (χ0) is 30.5. The Morgan fingerprint density at radius 1 is 1.02 bits per heavy atom. The number of aryl methyl sites for hydroxylation is 1. The predicted octanol–water partition coefficient (Wildman–Crippen LogP) is 6.83. The Labute approximate surface area is 254 Å². The van der Waals surface area contributed by atoms with Crippen LogP contribution in [0, 0.1) is 24.7 Å². The van der Waals surface area contributed by atoms with Gasteiger partial charge in [0.1, 0.15) is 11.6 Å². The molecule has 9 nitrogen and oxygen atoms in total. The Balaban J connectivity index is 1.33. The van der Waals surface area contributed by atoms with Crippen LogP contribution in [0.3, 0.4) is 0 Å². The van der Waals surface area contributed by atoms with Crippen molar-refractivity contribution >= 4 is 17.7 Å². The number of anilines is 1. The molecule has 0 spiro atoms. The molecule has 0 atom stereocenters. The normalized spacial score (nSPS) is 22.3. The largest absolute Gasteiger partial charge is 0.495 e. The van der Waals surface area contributed by atoms with E-state index in [1.165, 1.54) is 0 Å². The number of carboxylic acids is 1. The smallest absolute Gasteiger partial charge is 0.303 e. The maximum absolute atomic E-state index is 14.2. The van der Waals surface area contributed by atoms with Crippen molar-refractivity contribution in [3.8, 4) is 16.9 Å². The zero-order valence-electron chi connectivity index (χ0n) is 25.9. The van der Waals surface area contributed by atoms with Crippen molar-refractivity contribution in [2.24, 2.45) is 17.8 Å². The molecule has 43 heavy (non-hydrogen) atoms. The Morgan fingerprint density at radius 3 is 2.37 bits per heavy atom. The summed E-state index contributed by atoms with van der Waals surface area (Å²) < 4.78 is 7.33. The molecular weight excluding hydrogens is 542 g/mol. The molecule has 5 rings (SSSR count). The van der Waals surface area contributed by atoms with Crippen molar-refractivity contribution in [2.45, 2.75) is 90.5 Å². The highest BCUT2D eigenvalue weighted by atomic mass is 16.5. The highest BCUT2D eigenvalue weighted by Crippen LogP contribution is 2.38. The van der Waals surface area contributed by atoms with Gasteiger partial charge < -0.3 is 9.84 Å². The minimum absolute atomic E-state index is 0.109. The molecule has 0 aliphatic heterocycles. The minimum Gasteiger partial charge on any atom is -0.495 e. The van der Waals surface area contributed by atoms with Crippen LogP contribution in [0.2, 0.25) is 0 Å². The third-order valence-corrected chi connectivity index (χ3v) is 9.40. The summed E-state index contributed by atoms with van der Waals surface area (Å²) >= 11 is 0. The second-order valence-electron chi connectivity index (χ2n) is 12.7. The van der Waals surface area contributed by atoms with Gasteiger partial charge in [0, 0.05) is 54.5 Å². The molecule has 9 heteroatoms. The lowest BCUT2D eigenvalue weighted by molar-refractivity contribution is -0.138. The minimum atomic E-state index is -0.756. The van der Waals surface area contributed by atoms with Gasteiger partial charge in [-0.2, -0.15) is 5.10 Å². The highest BCUT2D eigenvalue weighted by Gasteiger charge is 2.34. The molecule has 2 aliphatic carbocycles. The fraction of sp³-hybridized carbons (Fsp3) is 0.559. The van der Waals surface area contributed by atoms with Crippen molar-refractivity contribution in [3.05, 3.63) is 54.2 Å². The lowest BCUT2D eigenvalue weighted by Crippen LogP contribution is -2.42. The first kappa shape index (κ1) is 30.7. The average molecular weight is 588 g/mol. The number of rotatable bonds is 10. The van der Waals surface area contributed by atoms with Crippen LogP contribution in [0.25, 0.3) is 11.1 Å². The van der Waals surface area contributed by atoms with E-state index < -0.39 is 5.97 Å². The van der Waals surface area contributed by atoms with Crippen LogP contribution < -0.4 is 9.64 Å². The summed E-state index contributed by atoms with van der Waals surface area (Å²) in [4.78, 5) is 36.9. The lowest BCUT2D eigenvalue weighted by Gasteiger charge is -2.35. The number of hydrogen-bond donors (Lipinski definition) is 1. The number of carbonyl (C=O) groups is 2. The summed E-state index contributed by atoms with van der Waals surface area (Å²) in [7, 11) is 1.67. The number of hydrogen-bond acceptors (Lipinski definition) is 6. The van der Waals surface area contributed by atoms with Crippen LogP contribution in [0.1, 0.15) is 95.0 Å². The van der Waals surface area contributed by atoms with Gasteiger partial charge in [-0.1, -0.05) is 0 Å². The second kappa shape index (κ2) is 13.7. The number of carbonyl (C=O) groups excluding carboxylic acids is 1. The van der Waals surface area contributed by atoms with Crippen molar-refractivity contribution in [3.63, 3.8) is 0 Å². The zero-order valence-corrected chi connectivity index (χ0v) is 25.9.